The van der Waals surface area contributed by atoms with Crippen molar-refractivity contribution < 1.29 is 14.3 Å². The van der Waals surface area contributed by atoms with Crippen LogP contribution < -0.4 is 4.90 Å². The maximum Gasteiger partial charge on any atom is 0.306 e. The lowest BCUT2D eigenvalue weighted by molar-refractivity contribution is -0.146. The highest BCUT2D eigenvalue weighted by molar-refractivity contribution is 7.14. The maximum absolute atomic E-state index is 12.3. The minimum atomic E-state index is -0.130. The van der Waals surface area contributed by atoms with Gasteiger partial charge in [-0.2, -0.15) is 0 Å². The highest BCUT2D eigenvalue weighted by Crippen LogP contribution is 2.49. The number of carbonyl (C=O) groups is 2. The summed E-state index contributed by atoms with van der Waals surface area (Å²) in [4.78, 5) is 30.7. The van der Waals surface area contributed by atoms with Crippen LogP contribution in [0.5, 0.6) is 0 Å². The lowest BCUT2D eigenvalue weighted by atomic mass is 9.86. The van der Waals surface area contributed by atoms with E-state index in [0.29, 0.717) is 23.2 Å². The zero-order valence-corrected chi connectivity index (χ0v) is 18.1. The number of hydrogen-bond donors (Lipinski definition) is 0. The number of aromatic nitrogens is 1. The summed E-state index contributed by atoms with van der Waals surface area (Å²) in [5.74, 6) is 1.84. The van der Waals surface area contributed by atoms with E-state index in [0.717, 1.165) is 23.1 Å². The second kappa shape index (κ2) is 8.27. The fraction of sp³-hybridized carbons (Fsp3) is 0.522. The summed E-state index contributed by atoms with van der Waals surface area (Å²) in [6.07, 6.45) is 5.62. The number of aryl methyl sites for hydroxylation is 2. The number of benzene rings is 1. The van der Waals surface area contributed by atoms with E-state index in [1.54, 1.807) is 4.90 Å². The van der Waals surface area contributed by atoms with Crippen LogP contribution in [0.4, 0.5) is 10.8 Å². The molecule has 1 amide bonds. The lowest BCUT2D eigenvalue weighted by Crippen LogP contribution is -2.22. The van der Waals surface area contributed by atoms with Crippen LogP contribution in [0.15, 0.2) is 23.6 Å². The Kier molecular flexibility index (Phi) is 5.72. The van der Waals surface area contributed by atoms with Gasteiger partial charge in [-0.3, -0.25) is 14.5 Å². The van der Waals surface area contributed by atoms with Crippen LogP contribution in [-0.4, -0.2) is 16.9 Å². The van der Waals surface area contributed by atoms with E-state index in [1.807, 2.05) is 37.4 Å². The van der Waals surface area contributed by atoms with Crippen LogP contribution in [0.3, 0.4) is 0 Å². The molecule has 1 aromatic heterocycles. The van der Waals surface area contributed by atoms with Crippen LogP contribution in [-0.2, 0) is 20.9 Å². The van der Waals surface area contributed by atoms with Crippen molar-refractivity contribution in [2.24, 2.45) is 17.8 Å². The SMILES string of the molecule is CC(=O)N(c1ccc(C)c(C)c1)c1nc(COC(=O)C[C@@H]2C[C@H]3CC[C@@H]2C3)cs1. The Morgan fingerprint density at radius 3 is 2.69 bits per heavy atom. The predicted molar refractivity (Wildman–Crippen MR) is 114 cm³/mol. The van der Waals surface area contributed by atoms with E-state index in [4.69, 9.17) is 4.74 Å². The molecule has 1 aromatic carbocycles. The monoisotopic (exact) mass is 412 g/mol. The first-order valence-corrected chi connectivity index (χ1v) is 11.3. The van der Waals surface area contributed by atoms with Gasteiger partial charge in [0.25, 0.3) is 0 Å². The van der Waals surface area contributed by atoms with E-state index in [2.05, 4.69) is 4.98 Å². The summed E-state index contributed by atoms with van der Waals surface area (Å²) in [6.45, 7) is 5.77. The quantitative estimate of drug-likeness (QED) is 0.603. The van der Waals surface area contributed by atoms with Gasteiger partial charge in [-0.05, 0) is 74.1 Å². The van der Waals surface area contributed by atoms with Crippen molar-refractivity contribution in [2.45, 2.75) is 59.5 Å². The highest BCUT2D eigenvalue weighted by Gasteiger charge is 2.40. The van der Waals surface area contributed by atoms with Gasteiger partial charge in [0.05, 0.1) is 11.4 Å². The minimum Gasteiger partial charge on any atom is -0.459 e. The van der Waals surface area contributed by atoms with E-state index < -0.39 is 0 Å². The van der Waals surface area contributed by atoms with Crippen LogP contribution in [0, 0.1) is 31.6 Å². The molecule has 2 fully saturated rings. The Labute approximate surface area is 176 Å². The highest BCUT2D eigenvalue weighted by atomic mass is 32.1. The van der Waals surface area contributed by atoms with Gasteiger partial charge in [0, 0.05) is 18.7 Å². The van der Waals surface area contributed by atoms with E-state index in [-0.39, 0.29) is 18.5 Å². The molecule has 2 bridgehead atoms. The molecular formula is C23H28N2O3S. The van der Waals surface area contributed by atoms with Crippen molar-refractivity contribution in [1.29, 1.82) is 0 Å². The van der Waals surface area contributed by atoms with Gasteiger partial charge in [0.1, 0.15) is 6.61 Å². The summed E-state index contributed by atoms with van der Waals surface area (Å²) < 4.78 is 5.49. The fourth-order valence-corrected chi connectivity index (χ4v) is 5.68. The number of rotatable bonds is 6. The Balaban J connectivity index is 1.38. The van der Waals surface area contributed by atoms with Crippen molar-refractivity contribution >= 4 is 34.0 Å². The summed E-state index contributed by atoms with van der Waals surface area (Å²) >= 11 is 1.39. The van der Waals surface area contributed by atoms with E-state index >= 15 is 0 Å². The number of fused-ring (bicyclic) bond motifs is 2. The third-order valence-electron chi connectivity index (χ3n) is 6.49. The van der Waals surface area contributed by atoms with Gasteiger partial charge >= 0.3 is 5.97 Å². The second-order valence-electron chi connectivity index (χ2n) is 8.54. The minimum absolute atomic E-state index is 0.0950. The average Bonchev–Trinajstić information content (AvgIpc) is 3.40. The molecule has 0 N–H and O–H groups in total. The van der Waals surface area contributed by atoms with Gasteiger partial charge in [0.15, 0.2) is 5.13 Å². The molecule has 3 atom stereocenters. The van der Waals surface area contributed by atoms with Crippen molar-refractivity contribution in [1.82, 2.24) is 4.98 Å². The Morgan fingerprint density at radius 2 is 2.03 bits per heavy atom. The first-order chi connectivity index (χ1) is 13.9. The summed E-state index contributed by atoms with van der Waals surface area (Å²) in [6, 6.07) is 5.93. The lowest BCUT2D eigenvalue weighted by Gasteiger charge is -2.20. The Morgan fingerprint density at radius 1 is 1.21 bits per heavy atom. The fourth-order valence-electron chi connectivity index (χ4n) is 4.81. The molecule has 0 spiro atoms. The number of anilines is 2. The Bertz CT molecular complexity index is 923. The normalized spacial score (nSPS) is 22.7. The molecule has 6 heteroatoms. The van der Waals surface area contributed by atoms with Crippen LogP contribution in [0.25, 0.3) is 0 Å². The number of nitrogens with zero attached hydrogens (tertiary/aromatic N) is 2. The summed E-state index contributed by atoms with van der Waals surface area (Å²) in [5.41, 5.74) is 3.79. The molecule has 0 unspecified atom stereocenters. The van der Waals surface area contributed by atoms with E-state index in [9.17, 15) is 9.59 Å². The number of hydrogen-bond acceptors (Lipinski definition) is 5. The molecule has 5 nitrogen and oxygen atoms in total. The summed E-state index contributed by atoms with van der Waals surface area (Å²) in [7, 11) is 0. The largest absolute Gasteiger partial charge is 0.459 e. The first kappa shape index (κ1) is 20.1. The summed E-state index contributed by atoms with van der Waals surface area (Å²) in [5, 5.41) is 2.46. The molecule has 0 saturated heterocycles. The van der Waals surface area contributed by atoms with Gasteiger partial charge in [-0.1, -0.05) is 12.5 Å². The topological polar surface area (TPSA) is 59.5 Å². The number of ether oxygens (including phenoxy) is 1. The predicted octanol–water partition coefficient (Wildman–Crippen LogP) is 5.31. The van der Waals surface area contributed by atoms with Gasteiger partial charge in [-0.25, -0.2) is 4.98 Å². The van der Waals surface area contributed by atoms with Gasteiger partial charge < -0.3 is 4.74 Å². The number of esters is 1. The second-order valence-corrected chi connectivity index (χ2v) is 9.38. The molecule has 1 heterocycles. The van der Waals surface area contributed by atoms with Crippen molar-refractivity contribution in [2.75, 3.05) is 4.90 Å². The van der Waals surface area contributed by atoms with Crippen molar-refractivity contribution in [3.05, 3.63) is 40.4 Å². The van der Waals surface area contributed by atoms with E-state index in [1.165, 1.54) is 49.5 Å². The number of carbonyl (C=O) groups excluding carboxylic acids is 2. The molecule has 4 rings (SSSR count). The average molecular weight is 413 g/mol. The number of amides is 1. The molecule has 2 aliphatic rings. The standard InChI is InChI=1S/C23H28N2O3S/c1-14-4-7-21(8-15(14)2)25(16(3)26)23-24-20(13-29-23)12-28-22(27)11-19-10-17-5-6-18(19)9-17/h4,7-8,13,17-19H,5-6,9-12H2,1-3H3/t17-,18+,19-/m0/s1. The molecule has 2 aromatic rings. The molecule has 2 aliphatic carbocycles. The zero-order chi connectivity index (χ0) is 20.5. The van der Waals surface area contributed by atoms with Gasteiger partial charge in [0.2, 0.25) is 5.91 Å². The molecular weight excluding hydrogens is 384 g/mol. The molecule has 0 radical (unpaired) electrons. The van der Waals surface area contributed by atoms with Crippen LogP contribution >= 0.6 is 11.3 Å². The molecule has 154 valence electrons. The third kappa shape index (κ3) is 4.37. The smallest absolute Gasteiger partial charge is 0.306 e. The zero-order valence-electron chi connectivity index (χ0n) is 17.3. The molecule has 0 aliphatic heterocycles. The van der Waals surface area contributed by atoms with Crippen molar-refractivity contribution in [3.8, 4) is 0 Å². The molecule has 2 saturated carbocycles. The third-order valence-corrected chi connectivity index (χ3v) is 7.36. The number of thiazole rings is 1. The van der Waals surface area contributed by atoms with Crippen LogP contribution in [0.1, 0.15) is 55.8 Å². The van der Waals surface area contributed by atoms with Gasteiger partial charge in [-0.15, -0.1) is 11.3 Å². The first-order valence-electron chi connectivity index (χ1n) is 10.4. The van der Waals surface area contributed by atoms with Crippen LogP contribution in [0.2, 0.25) is 0 Å². The van der Waals surface area contributed by atoms with Crippen molar-refractivity contribution in [3.63, 3.8) is 0 Å². The maximum atomic E-state index is 12.3. The Hall–Kier alpha value is -2.21. The molecule has 29 heavy (non-hydrogen) atoms.